The van der Waals surface area contributed by atoms with E-state index < -0.39 is 15.8 Å². The number of nitrogens with one attached hydrogen (secondary N) is 2. The Bertz CT molecular complexity index is 761. The highest BCUT2D eigenvalue weighted by Crippen LogP contribution is 2.32. The maximum Gasteiger partial charge on any atom is 0.242 e. The van der Waals surface area contributed by atoms with Gasteiger partial charge < -0.3 is 11.1 Å². The first-order valence-electron chi connectivity index (χ1n) is 5.89. The summed E-state index contributed by atoms with van der Waals surface area (Å²) in [5.74, 6) is -0.506. The highest BCUT2D eigenvalue weighted by Gasteiger charge is 2.18. The zero-order chi connectivity index (χ0) is 15.6. The molecule has 4 N–H and O–H groups in total. The lowest BCUT2D eigenvalue weighted by Gasteiger charge is -2.14. The van der Waals surface area contributed by atoms with E-state index in [1.807, 2.05) is 0 Å². The van der Waals surface area contributed by atoms with Crippen LogP contribution in [0.25, 0.3) is 0 Å². The number of halogens is 2. The van der Waals surface area contributed by atoms with Gasteiger partial charge in [-0.3, -0.25) is 0 Å². The van der Waals surface area contributed by atoms with E-state index >= 15 is 0 Å². The third kappa shape index (κ3) is 3.34. The van der Waals surface area contributed by atoms with Gasteiger partial charge in [0, 0.05) is 10.2 Å². The summed E-state index contributed by atoms with van der Waals surface area (Å²) in [5.41, 5.74) is 6.30. The molecule has 0 aliphatic rings. The number of para-hydroxylation sites is 1. The van der Waals surface area contributed by atoms with Crippen LogP contribution in [0.2, 0.25) is 0 Å². The highest BCUT2D eigenvalue weighted by atomic mass is 79.9. The molecule has 0 aliphatic heterocycles. The van der Waals surface area contributed by atoms with E-state index in [4.69, 9.17) is 5.73 Å². The number of nitrogen functional groups attached to an aromatic ring is 1. The molecule has 0 aliphatic carbocycles. The van der Waals surface area contributed by atoms with Crippen LogP contribution in [-0.4, -0.2) is 15.5 Å². The Morgan fingerprint density at radius 2 is 1.95 bits per heavy atom. The lowest BCUT2D eigenvalue weighted by Crippen LogP contribution is -2.20. The molecule has 2 aromatic carbocycles. The van der Waals surface area contributed by atoms with E-state index in [1.54, 1.807) is 12.1 Å². The van der Waals surface area contributed by atoms with E-state index in [1.165, 1.54) is 31.3 Å². The summed E-state index contributed by atoms with van der Waals surface area (Å²) < 4.78 is 40.6. The number of nitrogens with two attached hydrogens (primary N) is 1. The Labute approximate surface area is 130 Å². The van der Waals surface area contributed by atoms with Crippen molar-refractivity contribution in [3.8, 4) is 0 Å². The Morgan fingerprint density at radius 3 is 2.57 bits per heavy atom. The van der Waals surface area contributed by atoms with Crippen molar-refractivity contribution in [3.05, 3.63) is 46.7 Å². The molecule has 0 bridgehead atoms. The third-order valence-corrected chi connectivity index (χ3v) is 4.90. The molecule has 0 unspecified atom stereocenters. The van der Waals surface area contributed by atoms with E-state index in [9.17, 15) is 12.8 Å². The molecule has 0 amide bonds. The number of hydrogen-bond acceptors (Lipinski definition) is 4. The van der Waals surface area contributed by atoms with Crippen molar-refractivity contribution in [1.82, 2.24) is 4.72 Å². The summed E-state index contributed by atoms with van der Waals surface area (Å²) in [6.07, 6.45) is 0. The molecule has 0 heterocycles. The maximum atomic E-state index is 13.8. The molecule has 112 valence electrons. The summed E-state index contributed by atoms with van der Waals surface area (Å²) in [5, 5.41) is 2.78. The Hall–Kier alpha value is -1.64. The van der Waals surface area contributed by atoms with Gasteiger partial charge in [0.2, 0.25) is 10.0 Å². The minimum atomic E-state index is -3.73. The van der Waals surface area contributed by atoms with E-state index in [0.717, 1.165) is 0 Å². The number of benzene rings is 2. The summed E-state index contributed by atoms with van der Waals surface area (Å²) in [6, 6.07) is 8.79. The number of hydrogen-bond donors (Lipinski definition) is 3. The number of rotatable bonds is 4. The summed E-state index contributed by atoms with van der Waals surface area (Å²) in [6.45, 7) is 0. The van der Waals surface area contributed by atoms with Gasteiger partial charge in [-0.05, 0) is 53.3 Å². The van der Waals surface area contributed by atoms with Gasteiger partial charge in [-0.2, -0.15) is 0 Å². The fourth-order valence-corrected chi connectivity index (χ4v) is 3.09. The van der Waals surface area contributed by atoms with Crippen molar-refractivity contribution in [3.63, 3.8) is 0 Å². The van der Waals surface area contributed by atoms with Crippen molar-refractivity contribution in [2.24, 2.45) is 0 Å². The van der Waals surface area contributed by atoms with Gasteiger partial charge in [0.1, 0.15) is 10.7 Å². The van der Waals surface area contributed by atoms with Gasteiger partial charge in [0.05, 0.1) is 11.4 Å². The van der Waals surface area contributed by atoms with Gasteiger partial charge >= 0.3 is 0 Å². The van der Waals surface area contributed by atoms with E-state index in [-0.39, 0.29) is 16.3 Å². The van der Waals surface area contributed by atoms with Gasteiger partial charge in [-0.25, -0.2) is 17.5 Å². The topological polar surface area (TPSA) is 84.2 Å². The lowest BCUT2D eigenvalue weighted by molar-refractivity contribution is 0.588. The van der Waals surface area contributed by atoms with E-state index in [0.29, 0.717) is 10.2 Å². The van der Waals surface area contributed by atoms with Crippen LogP contribution in [0.15, 0.2) is 45.8 Å². The number of anilines is 3. The third-order valence-electron chi connectivity index (χ3n) is 2.79. The lowest BCUT2D eigenvalue weighted by atomic mass is 10.2. The van der Waals surface area contributed by atoms with Crippen molar-refractivity contribution in [1.29, 1.82) is 0 Å². The first-order valence-corrected chi connectivity index (χ1v) is 8.17. The van der Waals surface area contributed by atoms with Gasteiger partial charge in [-0.1, -0.05) is 6.07 Å². The Morgan fingerprint density at radius 1 is 1.24 bits per heavy atom. The van der Waals surface area contributed by atoms with Crippen molar-refractivity contribution in [2.45, 2.75) is 4.90 Å². The molecule has 21 heavy (non-hydrogen) atoms. The van der Waals surface area contributed by atoms with Crippen LogP contribution in [0.5, 0.6) is 0 Å². The van der Waals surface area contributed by atoms with Crippen LogP contribution < -0.4 is 15.8 Å². The van der Waals surface area contributed by atoms with Crippen LogP contribution in [-0.2, 0) is 10.0 Å². The van der Waals surface area contributed by atoms with Gasteiger partial charge in [0.25, 0.3) is 0 Å². The smallest absolute Gasteiger partial charge is 0.242 e. The molecule has 0 radical (unpaired) electrons. The van der Waals surface area contributed by atoms with Crippen molar-refractivity contribution < 1.29 is 12.8 Å². The molecule has 5 nitrogen and oxygen atoms in total. The zero-order valence-electron chi connectivity index (χ0n) is 11.0. The largest absolute Gasteiger partial charge is 0.399 e. The predicted molar refractivity (Wildman–Crippen MR) is 84.5 cm³/mol. The maximum absolute atomic E-state index is 13.8. The second-order valence-corrected chi connectivity index (χ2v) is 6.89. The number of sulfonamides is 1. The standard InChI is InChI=1S/C13H13BrFN3O2S/c1-17-21(19,20)12-7-8(16)5-6-11(12)18-13-9(14)3-2-4-10(13)15/h2-7,17-18H,16H2,1H3. The van der Waals surface area contributed by atoms with Gasteiger partial charge in [-0.15, -0.1) is 0 Å². The minimum Gasteiger partial charge on any atom is -0.399 e. The van der Waals surface area contributed by atoms with Crippen LogP contribution in [0.3, 0.4) is 0 Å². The fourth-order valence-electron chi connectivity index (χ4n) is 1.73. The fraction of sp³-hybridized carbons (Fsp3) is 0.0769. The predicted octanol–water partition coefficient (Wildman–Crippen LogP) is 2.82. The van der Waals surface area contributed by atoms with Crippen LogP contribution >= 0.6 is 15.9 Å². The zero-order valence-corrected chi connectivity index (χ0v) is 13.4. The molecule has 0 fully saturated rings. The molecule has 2 rings (SSSR count). The average molecular weight is 374 g/mol. The van der Waals surface area contributed by atoms with Crippen LogP contribution in [0.4, 0.5) is 21.5 Å². The molecule has 0 spiro atoms. The normalized spacial score (nSPS) is 11.4. The molecular weight excluding hydrogens is 361 g/mol. The summed E-state index contributed by atoms with van der Waals surface area (Å²) >= 11 is 3.22. The SMILES string of the molecule is CNS(=O)(=O)c1cc(N)ccc1Nc1c(F)cccc1Br. The van der Waals surface area contributed by atoms with E-state index in [2.05, 4.69) is 26.0 Å². The Kier molecular flexibility index (Phi) is 4.50. The quantitative estimate of drug-likeness (QED) is 0.719. The molecule has 2 aromatic rings. The molecule has 0 atom stereocenters. The van der Waals surface area contributed by atoms with Gasteiger partial charge in [0.15, 0.2) is 0 Å². The van der Waals surface area contributed by atoms with Crippen molar-refractivity contribution in [2.75, 3.05) is 18.1 Å². The van der Waals surface area contributed by atoms with Crippen LogP contribution in [0.1, 0.15) is 0 Å². The molecule has 0 saturated carbocycles. The monoisotopic (exact) mass is 373 g/mol. The highest BCUT2D eigenvalue weighted by molar-refractivity contribution is 9.10. The molecule has 0 aromatic heterocycles. The molecular formula is C13H13BrFN3O2S. The Balaban J connectivity index is 2.56. The average Bonchev–Trinajstić information content (AvgIpc) is 2.44. The molecule has 8 heteroatoms. The summed E-state index contributed by atoms with van der Waals surface area (Å²) in [7, 11) is -2.43. The summed E-state index contributed by atoms with van der Waals surface area (Å²) in [4.78, 5) is -0.0554. The second-order valence-electron chi connectivity index (χ2n) is 4.18. The molecule has 0 saturated heterocycles. The first kappa shape index (κ1) is 15.7. The first-order chi connectivity index (χ1) is 9.85. The van der Waals surface area contributed by atoms with Crippen LogP contribution in [0, 0.1) is 5.82 Å². The minimum absolute atomic E-state index is 0.0554. The van der Waals surface area contributed by atoms with Crippen molar-refractivity contribution >= 4 is 43.0 Å². The second kappa shape index (κ2) is 6.00.